The second kappa shape index (κ2) is 9.67. The lowest BCUT2D eigenvalue weighted by atomic mass is 9.86. The number of hydrogen-bond acceptors (Lipinski definition) is 5. The van der Waals surface area contributed by atoms with Crippen LogP contribution in [-0.4, -0.2) is 40.9 Å². The van der Waals surface area contributed by atoms with Gasteiger partial charge < -0.3 is 19.7 Å². The van der Waals surface area contributed by atoms with Gasteiger partial charge in [-0.25, -0.2) is 0 Å². The van der Waals surface area contributed by atoms with Gasteiger partial charge in [-0.2, -0.15) is 0 Å². The standard InChI is InChI=1S/C30H33NO4/c1-19-13-14-31(17-19)20(2)18-34-26-10-7-22(8-11-26)30-29(23-5-4-6-24(32)15-23)21(3)27-16-25(33)9-12-28(27)35-30/h4-12,15-16,19-20,30,32-33H,13-14,17-18H2,1-3H3/t19-,20-,30?/m0/s1. The number of likely N-dealkylation sites (tertiary alicyclic amines) is 1. The molecule has 0 saturated carbocycles. The summed E-state index contributed by atoms with van der Waals surface area (Å²) >= 11 is 0. The first-order valence-electron chi connectivity index (χ1n) is 12.4. The van der Waals surface area contributed by atoms with Crippen LogP contribution in [0, 0.1) is 5.92 Å². The summed E-state index contributed by atoms with van der Waals surface area (Å²) in [5.41, 5.74) is 4.70. The van der Waals surface area contributed by atoms with Gasteiger partial charge in [-0.3, -0.25) is 4.90 Å². The summed E-state index contributed by atoms with van der Waals surface area (Å²) in [6.07, 6.45) is 0.908. The van der Waals surface area contributed by atoms with Crippen molar-refractivity contribution in [3.05, 3.63) is 83.4 Å². The summed E-state index contributed by atoms with van der Waals surface area (Å²) in [6.45, 7) is 9.52. The van der Waals surface area contributed by atoms with Crippen molar-refractivity contribution in [3.8, 4) is 23.0 Å². The van der Waals surface area contributed by atoms with Gasteiger partial charge >= 0.3 is 0 Å². The Labute approximate surface area is 207 Å². The largest absolute Gasteiger partial charge is 0.508 e. The van der Waals surface area contributed by atoms with Gasteiger partial charge in [0.25, 0.3) is 0 Å². The molecule has 2 aliphatic rings. The molecule has 3 atom stereocenters. The Morgan fingerprint density at radius 1 is 1.03 bits per heavy atom. The van der Waals surface area contributed by atoms with Gasteiger partial charge in [-0.15, -0.1) is 0 Å². The van der Waals surface area contributed by atoms with Crippen LogP contribution >= 0.6 is 0 Å². The molecule has 5 heteroatoms. The maximum absolute atomic E-state index is 10.1. The van der Waals surface area contributed by atoms with E-state index in [4.69, 9.17) is 9.47 Å². The molecule has 0 radical (unpaired) electrons. The molecule has 1 saturated heterocycles. The summed E-state index contributed by atoms with van der Waals surface area (Å²) < 4.78 is 12.6. The van der Waals surface area contributed by atoms with E-state index in [1.54, 1.807) is 30.3 Å². The number of rotatable bonds is 6. The highest BCUT2D eigenvalue weighted by molar-refractivity contribution is 5.95. The fourth-order valence-corrected chi connectivity index (χ4v) is 5.15. The molecule has 0 aromatic heterocycles. The smallest absolute Gasteiger partial charge is 0.150 e. The van der Waals surface area contributed by atoms with E-state index in [1.165, 1.54) is 6.42 Å². The zero-order valence-corrected chi connectivity index (χ0v) is 20.6. The first-order chi connectivity index (χ1) is 16.9. The molecule has 0 spiro atoms. The third-order valence-corrected chi connectivity index (χ3v) is 7.19. The van der Waals surface area contributed by atoms with Crippen LogP contribution in [0.15, 0.2) is 66.7 Å². The highest BCUT2D eigenvalue weighted by Crippen LogP contribution is 2.47. The van der Waals surface area contributed by atoms with Gasteiger partial charge in [0.05, 0.1) is 0 Å². The molecule has 5 rings (SSSR count). The molecule has 0 amide bonds. The van der Waals surface area contributed by atoms with Crippen molar-refractivity contribution in [1.82, 2.24) is 4.90 Å². The van der Waals surface area contributed by atoms with E-state index in [0.29, 0.717) is 12.6 Å². The number of nitrogens with zero attached hydrogens (tertiary/aromatic N) is 1. The molecule has 0 aliphatic carbocycles. The van der Waals surface area contributed by atoms with Crippen LogP contribution in [0.5, 0.6) is 23.0 Å². The van der Waals surface area contributed by atoms with Crippen LogP contribution in [0.4, 0.5) is 0 Å². The van der Waals surface area contributed by atoms with E-state index >= 15 is 0 Å². The van der Waals surface area contributed by atoms with E-state index in [9.17, 15) is 10.2 Å². The van der Waals surface area contributed by atoms with Crippen LogP contribution in [0.25, 0.3) is 11.1 Å². The molecule has 2 heterocycles. The second-order valence-corrected chi connectivity index (χ2v) is 9.89. The minimum atomic E-state index is -0.354. The van der Waals surface area contributed by atoms with E-state index in [1.807, 2.05) is 43.3 Å². The lowest BCUT2D eigenvalue weighted by molar-refractivity contribution is 0.169. The summed E-state index contributed by atoms with van der Waals surface area (Å²) in [5.74, 6) is 2.73. The molecule has 2 N–H and O–H groups in total. The number of hydrogen-bond donors (Lipinski definition) is 2. The molecule has 0 bridgehead atoms. The average Bonchev–Trinajstić information content (AvgIpc) is 3.29. The number of allylic oxidation sites excluding steroid dienone is 1. The van der Waals surface area contributed by atoms with Crippen molar-refractivity contribution < 1.29 is 19.7 Å². The number of benzene rings is 3. The first kappa shape index (κ1) is 23.3. The normalized spacial score (nSPS) is 20.9. The number of phenols is 2. The SMILES string of the molecule is CC1=C(c2cccc(O)c2)C(c2ccc(OC[C@H](C)N3CC[C@H](C)C3)cc2)Oc2ccc(O)cc21. The minimum Gasteiger partial charge on any atom is -0.508 e. The van der Waals surface area contributed by atoms with Crippen LogP contribution in [-0.2, 0) is 0 Å². The predicted octanol–water partition coefficient (Wildman–Crippen LogP) is 6.27. The van der Waals surface area contributed by atoms with Gasteiger partial charge in [0, 0.05) is 23.7 Å². The summed E-state index contributed by atoms with van der Waals surface area (Å²) in [4.78, 5) is 2.50. The van der Waals surface area contributed by atoms with Crippen molar-refractivity contribution in [2.45, 2.75) is 39.3 Å². The predicted molar refractivity (Wildman–Crippen MR) is 139 cm³/mol. The molecule has 182 valence electrons. The van der Waals surface area contributed by atoms with Gasteiger partial charge in [0.15, 0.2) is 0 Å². The fourth-order valence-electron chi connectivity index (χ4n) is 5.15. The molecular formula is C30H33NO4. The lowest BCUT2D eigenvalue weighted by Gasteiger charge is -2.31. The maximum Gasteiger partial charge on any atom is 0.150 e. The van der Waals surface area contributed by atoms with Crippen LogP contribution in [0.2, 0.25) is 0 Å². The van der Waals surface area contributed by atoms with Crippen LogP contribution in [0.3, 0.4) is 0 Å². The molecular weight excluding hydrogens is 438 g/mol. The minimum absolute atomic E-state index is 0.194. The lowest BCUT2D eigenvalue weighted by Crippen LogP contribution is -2.35. The number of ether oxygens (including phenoxy) is 2. The Bertz CT molecular complexity index is 1230. The summed E-state index contributed by atoms with van der Waals surface area (Å²) in [6, 6.07) is 20.9. The molecule has 2 aliphatic heterocycles. The van der Waals surface area contributed by atoms with Gasteiger partial charge in [0.2, 0.25) is 0 Å². The van der Waals surface area contributed by atoms with E-state index in [2.05, 4.69) is 18.7 Å². The zero-order valence-electron chi connectivity index (χ0n) is 20.6. The quantitative estimate of drug-likeness (QED) is 0.444. The Balaban J connectivity index is 1.41. The van der Waals surface area contributed by atoms with E-state index in [-0.39, 0.29) is 17.6 Å². The molecule has 3 aromatic rings. The van der Waals surface area contributed by atoms with Gasteiger partial charge in [-0.1, -0.05) is 31.2 Å². The monoisotopic (exact) mass is 471 g/mol. The molecule has 1 fully saturated rings. The Kier molecular flexibility index (Phi) is 6.44. The number of aromatic hydroxyl groups is 2. The van der Waals surface area contributed by atoms with E-state index < -0.39 is 0 Å². The summed E-state index contributed by atoms with van der Waals surface area (Å²) in [5, 5.41) is 20.2. The van der Waals surface area contributed by atoms with Crippen molar-refractivity contribution in [2.24, 2.45) is 5.92 Å². The van der Waals surface area contributed by atoms with Crippen molar-refractivity contribution in [1.29, 1.82) is 0 Å². The van der Waals surface area contributed by atoms with Crippen LogP contribution in [0.1, 0.15) is 50.0 Å². The second-order valence-electron chi connectivity index (χ2n) is 9.89. The Morgan fingerprint density at radius 2 is 1.80 bits per heavy atom. The molecule has 1 unspecified atom stereocenters. The van der Waals surface area contributed by atoms with Crippen molar-refractivity contribution in [3.63, 3.8) is 0 Å². The van der Waals surface area contributed by atoms with Crippen molar-refractivity contribution >= 4 is 11.1 Å². The first-order valence-corrected chi connectivity index (χ1v) is 12.4. The number of phenolic OH excluding ortho intramolecular Hbond substituents is 2. The third kappa shape index (κ3) is 4.87. The highest BCUT2D eigenvalue weighted by Gasteiger charge is 2.30. The topological polar surface area (TPSA) is 62.2 Å². The van der Waals surface area contributed by atoms with Gasteiger partial charge in [-0.05, 0) is 91.9 Å². The van der Waals surface area contributed by atoms with Gasteiger partial charge in [0.1, 0.15) is 35.7 Å². The van der Waals surface area contributed by atoms with Crippen molar-refractivity contribution in [2.75, 3.05) is 19.7 Å². The Hall–Kier alpha value is -3.44. The average molecular weight is 472 g/mol. The maximum atomic E-state index is 10.1. The molecule has 3 aromatic carbocycles. The molecule has 35 heavy (non-hydrogen) atoms. The molecule has 5 nitrogen and oxygen atoms in total. The zero-order chi connectivity index (χ0) is 24.5. The van der Waals surface area contributed by atoms with E-state index in [0.717, 1.165) is 58.3 Å². The highest BCUT2D eigenvalue weighted by atomic mass is 16.5. The number of fused-ring (bicyclic) bond motifs is 1. The summed E-state index contributed by atoms with van der Waals surface area (Å²) in [7, 11) is 0. The van der Waals surface area contributed by atoms with Crippen LogP contribution < -0.4 is 9.47 Å². The fraction of sp³-hybridized carbons (Fsp3) is 0.333. The third-order valence-electron chi connectivity index (χ3n) is 7.19. The Morgan fingerprint density at radius 3 is 2.51 bits per heavy atom.